The van der Waals surface area contributed by atoms with Crippen LogP contribution in [0.5, 0.6) is 0 Å². The summed E-state index contributed by atoms with van der Waals surface area (Å²) in [6.07, 6.45) is 3.68. The minimum absolute atomic E-state index is 0.0250. The molecule has 5 rings (SSSR count). The number of para-hydroxylation sites is 1. The Balaban J connectivity index is 1.56. The summed E-state index contributed by atoms with van der Waals surface area (Å²) in [5.41, 5.74) is 5.47. The summed E-state index contributed by atoms with van der Waals surface area (Å²) in [5, 5.41) is 14.7. The van der Waals surface area contributed by atoms with Gasteiger partial charge < -0.3 is 15.0 Å². The molecule has 2 aromatic carbocycles. The highest BCUT2D eigenvalue weighted by molar-refractivity contribution is 6.41. The van der Waals surface area contributed by atoms with Gasteiger partial charge in [-0.1, -0.05) is 18.2 Å². The summed E-state index contributed by atoms with van der Waals surface area (Å²) in [6, 6.07) is 13.5. The fraction of sp³-hybridized carbons (Fsp3) is 0.250. The Hall–Kier alpha value is -3.93. The van der Waals surface area contributed by atoms with Crippen molar-refractivity contribution in [2.45, 2.75) is 26.2 Å². The van der Waals surface area contributed by atoms with Crippen LogP contribution in [0.4, 0.5) is 5.69 Å². The SMILES string of the molecule is CCNC(=O)c1ccc2c(c1)C(C)(C)C(/C=C1\C(=O)C(c3cn(C)c4ccccc34)=C1O)=[N+]2C. The highest BCUT2D eigenvalue weighted by atomic mass is 16.3. The number of benzene rings is 2. The number of Topliss-reactive ketones (excluding diaryl/α,β-unsaturated/α-hetero) is 1. The van der Waals surface area contributed by atoms with E-state index in [1.54, 1.807) is 6.08 Å². The number of aryl methyl sites for hydroxylation is 1. The molecular weight excluding hydrogens is 426 g/mol. The van der Waals surface area contributed by atoms with Gasteiger partial charge in [-0.25, -0.2) is 0 Å². The van der Waals surface area contributed by atoms with Gasteiger partial charge in [0.2, 0.25) is 11.5 Å². The molecule has 0 fully saturated rings. The number of aliphatic hydroxyl groups excluding tert-OH is 1. The maximum atomic E-state index is 13.2. The highest BCUT2D eigenvalue weighted by Crippen LogP contribution is 2.43. The molecule has 2 N–H and O–H groups in total. The summed E-state index contributed by atoms with van der Waals surface area (Å²) in [6.45, 7) is 6.59. The van der Waals surface area contributed by atoms with Crippen LogP contribution in [0.15, 0.2) is 66.1 Å². The Kier molecular flexibility index (Phi) is 4.86. The molecule has 1 aliphatic carbocycles. The second kappa shape index (κ2) is 7.55. The van der Waals surface area contributed by atoms with Gasteiger partial charge in [-0.3, -0.25) is 9.59 Å². The average molecular weight is 455 g/mol. The number of nitrogens with one attached hydrogen (secondary N) is 1. The number of aromatic nitrogens is 1. The number of amides is 1. The van der Waals surface area contributed by atoms with Crippen LogP contribution >= 0.6 is 0 Å². The van der Waals surface area contributed by atoms with Crippen LogP contribution in [-0.4, -0.2) is 45.2 Å². The zero-order chi connectivity index (χ0) is 24.4. The van der Waals surface area contributed by atoms with Crippen molar-refractivity contribution in [1.29, 1.82) is 0 Å². The molecule has 0 bridgehead atoms. The van der Waals surface area contributed by atoms with E-state index < -0.39 is 5.41 Å². The molecule has 34 heavy (non-hydrogen) atoms. The van der Waals surface area contributed by atoms with Gasteiger partial charge in [-0.05, 0) is 39.0 Å². The standard InChI is InChI=1S/C28H27N3O3/c1-6-29-27(34)16-11-12-22-20(13-16)28(2,3)23(31(22)5)14-18-25(32)24(26(18)33)19-15-30(4)21-10-8-7-9-17(19)21/h7-15H,6H2,1-5H3,(H-,29,32,33,34)/p+1. The maximum Gasteiger partial charge on any atom is 0.251 e. The topological polar surface area (TPSA) is 74.3 Å². The van der Waals surface area contributed by atoms with Crippen LogP contribution in [-0.2, 0) is 17.3 Å². The number of allylic oxidation sites excluding steroid dienone is 3. The number of fused-ring (bicyclic) bond motifs is 2. The van der Waals surface area contributed by atoms with Gasteiger partial charge in [-0.15, -0.1) is 0 Å². The molecule has 1 amide bonds. The van der Waals surface area contributed by atoms with Gasteiger partial charge in [0, 0.05) is 59.5 Å². The molecule has 2 aliphatic rings. The predicted octanol–water partition coefficient (Wildman–Crippen LogP) is 4.41. The first-order valence-electron chi connectivity index (χ1n) is 11.4. The van der Waals surface area contributed by atoms with Crippen LogP contribution in [0, 0.1) is 0 Å². The largest absolute Gasteiger partial charge is 0.506 e. The molecule has 0 atom stereocenters. The quantitative estimate of drug-likeness (QED) is 0.453. The number of carbonyl (C=O) groups is 2. The van der Waals surface area contributed by atoms with Crippen molar-refractivity contribution in [1.82, 2.24) is 9.88 Å². The molecule has 0 saturated carbocycles. The zero-order valence-electron chi connectivity index (χ0n) is 20.1. The molecule has 172 valence electrons. The molecular formula is C28H28N3O3+. The van der Waals surface area contributed by atoms with E-state index in [9.17, 15) is 14.7 Å². The van der Waals surface area contributed by atoms with Crippen molar-refractivity contribution in [2.75, 3.05) is 13.6 Å². The lowest BCUT2D eigenvalue weighted by molar-refractivity contribution is -0.401. The van der Waals surface area contributed by atoms with Crippen molar-refractivity contribution in [2.24, 2.45) is 7.05 Å². The smallest absolute Gasteiger partial charge is 0.251 e. The normalized spacial score (nSPS) is 18.0. The summed E-state index contributed by atoms with van der Waals surface area (Å²) < 4.78 is 3.99. The number of carbonyl (C=O) groups excluding carboxylic acids is 2. The third-order valence-corrected chi connectivity index (χ3v) is 7.04. The summed E-state index contributed by atoms with van der Waals surface area (Å²) >= 11 is 0. The van der Waals surface area contributed by atoms with Crippen LogP contribution in [0.3, 0.4) is 0 Å². The third-order valence-electron chi connectivity index (χ3n) is 7.04. The first kappa shape index (κ1) is 21.9. The molecule has 0 spiro atoms. The van der Waals surface area contributed by atoms with Crippen LogP contribution in [0.1, 0.15) is 42.3 Å². The highest BCUT2D eigenvalue weighted by Gasteiger charge is 2.46. The summed E-state index contributed by atoms with van der Waals surface area (Å²) in [4.78, 5) is 25.6. The fourth-order valence-corrected chi connectivity index (χ4v) is 5.18. The number of hydrogen-bond acceptors (Lipinski definition) is 3. The molecule has 0 saturated heterocycles. The number of nitrogens with zero attached hydrogens (tertiary/aromatic N) is 2. The van der Waals surface area contributed by atoms with Crippen molar-refractivity contribution in [3.05, 3.63) is 82.8 Å². The lowest BCUT2D eigenvalue weighted by atomic mass is 9.77. The van der Waals surface area contributed by atoms with E-state index in [0.717, 1.165) is 33.4 Å². The molecule has 3 aromatic rings. The van der Waals surface area contributed by atoms with Gasteiger partial charge in [0.25, 0.3) is 5.91 Å². The van der Waals surface area contributed by atoms with Gasteiger partial charge in [0.1, 0.15) is 12.8 Å². The molecule has 6 heteroatoms. The van der Waals surface area contributed by atoms with Gasteiger partial charge in [0.15, 0.2) is 5.71 Å². The van der Waals surface area contributed by atoms with E-state index in [-0.39, 0.29) is 17.4 Å². The van der Waals surface area contributed by atoms with Crippen LogP contribution in [0.25, 0.3) is 16.5 Å². The van der Waals surface area contributed by atoms with E-state index in [0.29, 0.717) is 23.3 Å². The maximum absolute atomic E-state index is 13.2. The lowest BCUT2D eigenvalue weighted by Gasteiger charge is -2.22. The second-order valence-electron chi connectivity index (χ2n) is 9.44. The first-order valence-corrected chi connectivity index (χ1v) is 11.4. The fourth-order valence-electron chi connectivity index (χ4n) is 5.18. The lowest BCUT2D eigenvalue weighted by Crippen LogP contribution is -2.30. The Labute approximate surface area is 198 Å². The van der Waals surface area contributed by atoms with E-state index in [1.807, 2.05) is 78.8 Å². The zero-order valence-corrected chi connectivity index (χ0v) is 20.1. The van der Waals surface area contributed by atoms with E-state index in [1.165, 1.54) is 0 Å². The molecule has 2 heterocycles. The predicted molar refractivity (Wildman–Crippen MR) is 134 cm³/mol. The number of rotatable bonds is 4. The minimum atomic E-state index is -0.449. The van der Waals surface area contributed by atoms with Gasteiger partial charge in [-0.2, -0.15) is 4.58 Å². The summed E-state index contributed by atoms with van der Waals surface area (Å²) in [7, 11) is 3.88. The Morgan fingerprint density at radius 3 is 2.65 bits per heavy atom. The van der Waals surface area contributed by atoms with Crippen molar-refractivity contribution in [3.8, 4) is 0 Å². The minimum Gasteiger partial charge on any atom is -0.506 e. The van der Waals surface area contributed by atoms with Crippen molar-refractivity contribution in [3.63, 3.8) is 0 Å². The number of aliphatic hydroxyl groups is 1. The molecule has 0 radical (unpaired) electrons. The molecule has 0 unspecified atom stereocenters. The van der Waals surface area contributed by atoms with Gasteiger partial charge >= 0.3 is 0 Å². The molecule has 1 aliphatic heterocycles. The molecule has 1 aromatic heterocycles. The monoisotopic (exact) mass is 454 g/mol. The Bertz CT molecular complexity index is 1500. The van der Waals surface area contributed by atoms with Gasteiger partial charge in [0.05, 0.1) is 16.6 Å². The second-order valence-corrected chi connectivity index (χ2v) is 9.44. The number of hydrogen-bond donors (Lipinski definition) is 2. The number of ketones is 1. The third kappa shape index (κ3) is 2.98. The Morgan fingerprint density at radius 1 is 1.21 bits per heavy atom. The van der Waals surface area contributed by atoms with Crippen molar-refractivity contribution >= 4 is 39.6 Å². The average Bonchev–Trinajstić information content (AvgIpc) is 3.23. The first-order chi connectivity index (χ1) is 16.2. The van der Waals surface area contributed by atoms with Crippen LogP contribution < -0.4 is 5.32 Å². The van der Waals surface area contributed by atoms with E-state index in [4.69, 9.17) is 0 Å². The molecule has 6 nitrogen and oxygen atoms in total. The summed E-state index contributed by atoms with van der Waals surface area (Å²) in [5.74, 6) is -0.244. The Morgan fingerprint density at radius 2 is 1.94 bits per heavy atom. The van der Waals surface area contributed by atoms with Crippen LogP contribution in [0.2, 0.25) is 0 Å². The van der Waals surface area contributed by atoms with E-state index in [2.05, 4.69) is 19.2 Å². The van der Waals surface area contributed by atoms with E-state index >= 15 is 0 Å². The van der Waals surface area contributed by atoms with Crippen molar-refractivity contribution < 1.29 is 19.3 Å².